The molecule has 0 aliphatic carbocycles. The van der Waals surface area contributed by atoms with Crippen LogP contribution in [-0.4, -0.2) is 46.8 Å². The van der Waals surface area contributed by atoms with Crippen LogP contribution in [0.5, 0.6) is 0 Å². The maximum atomic E-state index is 12.2. The molecule has 0 bridgehead atoms. The topological polar surface area (TPSA) is 71.3 Å². The minimum Gasteiger partial charge on any atom is -0.347 e. The van der Waals surface area contributed by atoms with Gasteiger partial charge in [-0.25, -0.2) is 0 Å². The first-order valence-electron chi connectivity index (χ1n) is 9.71. The quantitative estimate of drug-likeness (QED) is 0.785. The molecular formula is C20H25F3N4O2. The van der Waals surface area contributed by atoms with Crippen LogP contribution in [0, 0.1) is 5.92 Å². The van der Waals surface area contributed by atoms with Gasteiger partial charge in [0.15, 0.2) is 0 Å². The molecule has 2 heterocycles. The number of aromatic nitrogens is 2. The van der Waals surface area contributed by atoms with Crippen molar-refractivity contribution in [3.05, 3.63) is 35.7 Å². The lowest BCUT2D eigenvalue weighted by atomic mass is 9.96. The van der Waals surface area contributed by atoms with Crippen LogP contribution in [0.25, 0.3) is 11.4 Å². The second-order valence-electron chi connectivity index (χ2n) is 7.67. The highest BCUT2D eigenvalue weighted by Gasteiger charge is 2.31. The molecule has 1 N–H and O–H groups in total. The van der Waals surface area contributed by atoms with E-state index < -0.39 is 24.5 Å². The van der Waals surface area contributed by atoms with Gasteiger partial charge < -0.3 is 9.84 Å². The van der Waals surface area contributed by atoms with Crippen molar-refractivity contribution in [2.24, 2.45) is 5.92 Å². The number of hydrogen-bond acceptors (Lipinski definition) is 5. The van der Waals surface area contributed by atoms with E-state index in [1.165, 1.54) is 5.56 Å². The Kier molecular flexibility index (Phi) is 6.56. The van der Waals surface area contributed by atoms with Crippen molar-refractivity contribution < 1.29 is 22.5 Å². The molecule has 6 nitrogen and oxygen atoms in total. The van der Waals surface area contributed by atoms with Gasteiger partial charge in [0.05, 0.1) is 6.54 Å². The Balaban J connectivity index is 1.49. The molecule has 1 aromatic heterocycles. The van der Waals surface area contributed by atoms with Crippen LogP contribution in [0.2, 0.25) is 0 Å². The number of carbonyl (C=O) groups excluding carboxylic acids is 1. The van der Waals surface area contributed by atoms with Crippen molar-refractivity contribution in [2.45, 2.75) is 45.3 Å². The molecule has 0 saturated carbocycles. The molecule has 1 aliphatic rings. The molecule has 2 aromatic rings. The standard InChI is InChI=1S/C20H25F3N4O2/c1-13(2)14-3-5-15(6-4-14)18-25-17(29-26-18)11-27-9-7-16(8-10-27)19(28)24-12-20(21,22)23/h3-6,13,16H,7-12H2,1-2H3,(H,24,28). The van der Waals surface area contributed by atoms with Gasteiger partial charge in [-0.1, -0.05) is 43.3 Å². The predicted molar refractivity (Wildman–Crippen MR) is 101 cm³/mol. The average molecular weight is 410 g/mol. The molecule has 0 atom stereocenters. The summed E-state index contributed by atoms with van der Waals surface area (Å²) in [6.07, 6.45) is -3.39. The van der Waals surface area contributed by atoms with Crippen LogP contribution in [0.1, 0.15) is 44.1 Å². The Labute approximate surface area is 167 Å². The summed E-state index contributed by atoms with van der Waals surface area (Å²) < 4.78 is 42.0. The zero-order valence-corrected chi connectivity index (χ0v) is 16.5. The number of hydrogen-bond donors (Lipinski definition) is 1. The fraction of sp³-hybridized carbons (Fsp3) is 0.550. The zero-order valence-electron chi connectivity index (χ0n) is 16.5. The van der Waals surface area contributed by atoms with Crippen molar-refractivity contribution in [2.75, 3.05) is 19.6 Å². The number of piperidine rings is 1. The lowest BCUT2D eigenvalue weighted by Gasteiger charge is -2.30. The van der Waals surface area contributed by atoms with E-state index in [0.717, 1.165) is 5.56 Å². The van der Waals surface area contributed by atoms with Crippen LogP contribution in [-0.2, 0) is 11.3 Å². The smallest absolute Gasteiger partial charge is 0.347 e. The highest BCUT2D eigenvalue weighted by Crippen LogP contribution is 2.23. The Morgan fingerprint density at radius 2 is 1.90 bits per heavy atom. The molecule has 1 aromatic carbocycles. The molecular weight excluding hydrogens is 385 g/mol. The van der Waals surface area contributed by atoms with Gasteiger partial charge in [-0.2, -0.15) is 18.2 Å². The molecule has 0 spiro atoms. The fourth-order valence-electron chi connectivity index (χ4n) is 3.33. The third-order valence-electron chi connectivity index (χ3n) is 5.08. The van der Waals surface area contributed by atoms with Crippen molar-refractivity contribution in [3.63, 3.8) is 0 Å². The summed E-state index contributed by atoms with van der Waals surface area (Å²) in [6, 6.07) is 8.03. The van der Waals surface area contributed by atoms with E-state index >= 15 is 0 Å². The normalized spacial score (nSPS) is 16.3. The fourth-order valence-corrected chi connectivity index (χ4v) is 3.33. The number of amides is 1. The number of halogens is 3. The van der Waals surface area contributed by atoms with Gasteiger partial charge in [0.25, 0.3) is 0 Å². The van der Waals surface area contributed by atoms with Crippen molar-refractivity contribution in [1.29, 1.82) is 0 Å². The lowest BCUT2D eigenvalue weighted by molar-refractivity contribution is -0.141. The number of benzene rings is 1. The van der Waals surface area contributed by atoms with Gasteiger partial charge in [0.1, 0.15) is 6.54 Å². The molecule has 1 aliphatic heterocycles. The SMILES string of the molecule is CC(C)c1ccc(-c2noc(CN3CCC(C(=O)NCC(F)(F)F)CC3)n2)cc1. The molecule has 1 saturated heterocycles. The number of rotatable bonds is 6. The highest BCUT2D eigenvalue weighted by molar-refractivity contribution is 5.78. The predicted octanol–water partition coefficient (Wildman–Crippen LogP) is 3.75. The first kappa shape index (κ1) is 21.3. The molecule has 0 unspecified atom stereocenters. The second-order valence-corrected chi connectivity index (χ2v) is 7.67. The minimum atomic E-state index is -4.39. The van der Waals surface area contributed by atoms with E-state index in [1.54, 1.807) is 0 Å². The number of nitrogens with one attached hydrogen (secondary N) is 1. The van der Waals surface area contributed by atoms with Crippen molar-refractivity contribution in [3.8, 4) is 11.4 Å². The number of carbonyl (C=O) groups is 1. The first-order valence-corrected chi connectivity index (χ1v) is 9.71. The Bertz CT molecular complexity index is 810. The van der Waals surface area contributed by atoms with Crippen molar-refractivity contribution >= 4 is 5.91 Å². The van der Waals surface area contributed by atoms with Crippen LogP contribution < -0.4 is 5.32 Å². The summed E-state index contributed by atoms with van der Waals surface area (Å²) in [5.74, 6) is 0.520. The zero-order chi connectivity index (χ0) is 21.0. The Morgan fingerprint density at radius 3 is 2.48 bits per heavy atom. The molecule has 3 rings (SSSR count). The lowest BCUT2D eigenvalue weighted by Crippen LogP contribution is -2.42. The molecule has 0 radical (unpaired) electrons. The summed E-state index contributed by atoms with van der Waals surface area (Å²) in [5, 5.41) is 6.00. The summed E-state index contributed by atoms with van der Waals surface area (Å²) in [6.45, 7) is 4.61. The van der Waals surface area contributed by atoms with Gasteiger partial charge in [-0.15, -0.1) is 0 Å². The Hall–Kier alpha value is -2.42. The molecule has 9 heteroatoms. The molecule has 158 valence electrons. The second kappa shape index (κ2) is 8.94. The summed E-state index contributed by atoms with van der Waals surface area (Å²) in [4.78, 5) is 18.4. The summed E-state index contributed by atoms with van der Waals surface area (Å²) >= 11 is 0. The van der Waals surface area contributed by atoms with E-state index in [1.807, 2.05) is 29.6 Å². The van der Waals surface area contributed by atoms with Gasteiger partial charge in [0.2, 0.25) is 17.6 Å². The minimum absolute atomic E-state index is 0.397. The van der Waals surface area contributed by atoms with Gasteiger partial charge >= 0.3 is 6.18 Å². The average Bonchev–Trinajstić information content (AvgIpc) is 3.14. The molecule has 29 heavy (non-hydrogen) atoms. The Morgan fingerprint density at radius 1 is 1.24 bits per heavy atom. The maximum absolute atomic E-state index is 12.2. The third kappa shape index (κ3) is 6.03. The number of nitrogens with zero attached hydrogens (tertiary/aromatic N) is 3. The number of alkyl halides is 3. The van der Waals surface area contributed by atoms with E-state index in [2.05, 4.69) is 28.9 Å². The van der Waals surface area contributed by atoms with Gasteiger partial charge in [-0.05, 0) is 37.4 Å². The van der Waals surface area contributed by atoms with Crippen LogP contribution in [0.3, 0.4) is 0 Å². The monoisotopic (exact) mass is 410 g/mol. The largest absolute Gasteiger partial charge is 0.405 e. The van der Waals surface area contributed by atoms with Crippen LogP contribution in [0.15, 0.2) is 28.8 Å². The van der Waals surface area contributed by atoms with E-state index in [-0.39, 0.29) is 0 Å². The van der Waals surface area contributed by atoms with Crippen LogP contribution >= 0.6 is 0 Å². The van der Waals surface area contributed by atoms with E-state index in [4.69, 9.17) is 4.52 Å². The van der Waals surface area contributed by atoms with Gasteiger partial charge in [0, 0.05) is 11.5 Å². The third-order valence-corrected chi connectivity index (χ3v) is 5.08. The highest BCUT2D eigenvalue weighted by atomic mass is 19.4. The maximum Gasteiger partial charge on any atom is 0.405 e. The van der Waals surface area contributed by atoms with Crippen LogP contribution in [0.4, 0.5) is 13.2 Å². The van der Waals surface area contributed by atoms with Gasteiger partial charge in [-0.3, -0.25) is 9.69 Å². The van der Waals surface area contributed by atoms with E-state index in [9.17, 15) is 18.0 Å². The summed E-state index contributed by atoms with van der Waals surface area (Å²) in [7, 11) is 0. The molecule has 1 fully saturated rings. The summed E-state index contributed by atoms with van der Waals surface area (Å²) in [5.41, 5.74) is 2.11. The number of likely N-dealkylation sites (tertiary alicyclic amines) is 1. The first-order chi connectivity index (χ1) is 13.7. The molecule has 1 amide bonds. The van der Waals surface area contributed by atoms with Crippen molar-refractivity contribution in [1.82, 2.24) is 20.4 Å². The van der Waals surface area contributed by atoms with E-state index in [0.29, 0.717) is 50.1 Å².